The lowest BCUT2D eigenvalue weighted by Crippen LogP contribution is -1.97. The molecule has 6 nitrogen and oxygen atoms in total. The second kappa shape index (κ2) is 7.12. The lowest BCUT2D eigenvalue weighted by atomic mass is 10.1. The van der Waals surface area contributed by atoms with Gasteiger partial charge in [0, 0.05) is 19.0 Å². The fourth-order valence-corrected chi connectivity index (χ4v) is 2.96. The maximum Gasteiger partial charge on any atom is 0.237 e. The molecule has 0 amide bonds. The van der Waals surface area contributed by atoms with Gasteiger partial charge in [0.15, 0.2) is 16.8 Å². The van der Waals surface area contributed by atoms with Crippen LogP contribution in [0, 0.1) is 11.7 Å². The summed E-state index contributed by atoms with van der Waals surface area (Å²) in [6, 6.07) is 6.19. The summed E-state index contributed by atoms with van der Waals surface area (Å²) >= 11 is 1.47. The third-order valence-electron chi connectivity index (χ3n) is 3.36. The van der Waals surface area contributed by atoms with Crippen molar-refractivity contribution in [1.82, 2.24) is 24.9 Å². The molecular weight excluding hydrogens is 329 g/mol. The predicted octanol–water partition coefficient (Wildman–Crippen LogP) is 3.50. The van der Waals surface area contributed by atoms with Gasteiger partial charge >= 0.3 is 0 Å². The molecule has 2 heterocycles. The van der Waals surface area contributed by atoms with E-state index in [0.29, 0.717) is 23.4 Å². The molecule has 24 heavy (non-hydrogen) atoms. The fourth-order valence-electron chi connectivity index (χ4n) is 2.21. The molecule has 0 aliphatic carbocycles. The number of benzene rings is 1. The molecule has 0 atom stereocenters. The summed E-state index contributed by atoms with van der Waals surface area (Å²) in [5.41, 5.74) is 0.815. The number of halogens is 1. The standard InChI is InChI=1S/C16H18FN5OS/c1-10(2)8-13-18-14(23-21-13)9-24-16-20-19-15(22(16)3)11-4-6-12(17)7-5-11/h4-7,10H,8-9H2,1-3H3. The Hall–Kier alpha value is -2.22. The summed E-state index contributed by atoms with van der Waals surface area (Å²) < 4.78 is 20.1. The van der Waals surface area contributed by atoms with Crippen molar-refractivity contribution in [3.8, 4) is 11.4 Å². The van der Waals surface area contributed by atoms with Crippen LogP contribution in [0.3, 0.4) is 0 Å². The molecule has 0 unspecified atom stereocenters. The third kappa shape index (κ3) is 3.81. The van der Waals surface area contributed by atoms with Crippen LogP contribution in [0.4, 0.5) is 4.39 Å². The third-order valence-corrected chi connectivity index (χ3v) is 4.37. The minimum absolute atomic E-state index is 0.274. The molecule has 0 radical (unpaired) electrons. The Balaban J connectivity index is 1.68. The Morgan fingerprint density at radius 3 is 2.67 bits per heavy atom. The summed E-state index contributed by atoms with van der Waals surface area (Å²) in [5, 5.41) is 13.1. The monoisotopic (exact) mass is 347 g/mol. The van der Waals surface area contributed by atoms with Crippen molar-refractivity contribution in [2.45, 2.75) is 31.2 Å². The summed E-state index contributed by atoms with van der Waals surface area (Å²) in [6.45, 7) is 4.22. The highest BCUT2D eigenvalue weighted by Crippen LogP contribution is 2.25. The maximum absolute atomic E-state index is 13.0. The van der Waals surface area contributed by atoms with Gasteiger partial charge in [-0.05, 0) is 30.2 Å². The van der Waals surface area contributed by atoms with E-state index in [1.165, 1.54) is 23.9 Å². The first-order valence-corrected chi connectivity index (χ1v) is 8.61. The highest BCUT2D eigenvalue weighted by molar-refractivity contribution is 7.98. The van der Waals surface area contributed by atoms with E-state index in [1.54, 1.807) is 12.1 Å². The minimum Gasteiger partial charge on any atom is -0.338 e. The summed E-state index contributed by atoms with van der Waals surface area (Å²) in [4.78, 5) is 4.37. The molecule has 0 aliphatic heterocycles. The average Bonchev–Trinajstić information content (AvgIpc) is 3.12. The normalized spacial score (nSPS) is 11.4. The lowest BCUT2D eigenvalue weighted by Gasteiger charge is -2.02. The molecule has 0 spiro atoms. The number of thioether (sulfide) groups is 1. The number of hydrogen-bond donors (Lipinski definition) is 0. The smallest absolute Gasteiger partial charge is 0.237 e. The summed E-state index contributed by atoms with van der Waals surface area (Å²) in [6.07, 6.45) is 0.798. The van der Waals surface area contributed by atoms with Gasteiger partial charge in [-0.15, -0.1) is 10.2 Å². The van der Waals surface area contributed by atoms with Crippen LogP contribution in [0.25, 0.3) is 11.4 Å². The first-order chi connectivity index (χ1) is 11.5. The van der Waals surface area contributed by atoms with E-state index in [1.807, 2.05) is 11.6 Å². The van der Waals surface area contributed by atoms with Crippen LogP contribution in [0.5, 0.6) is 0 Å². The molecule has 0 saturated heterocycles. The molecule has 0 N–H and O–H groups in total. The average molecular weight is 347 g/mol. The summed E-state index contributed by atoms with van der Waals surface area (Å²) in [5.74, 6) is 2.72. The Morgan fingerprint density at radius 2 is 1.96 bits per heavy atom. The van der Waals surface area contributed by atoms with Gasteiger partial charge in [-0.25, -0.2) is 4.39 Å². The largest absolute Gasteiger partial charge is 0.338 e. The first kappa shape index (κ1) is 16.6. The van der Waals surface area contributed by atoms with E-state index in [-0.39, 0.29) is 5.82 Å². The zero-order chi connectivity index (χ0) is 17.1. The van der Waals surface area contributed by atoms with E-state index >= 15 is 0 Å². The molecular formula is C16H18FN5OS. The van der Waals surface area contributed by atoms with E-state index in [0.717, 1.165) is 23.0 Å². The SMILES string of the molecule is CC(C)Cc1noc(CSc2nnc(-c3ccc(F)cc3)n2C)n1. The fraction of sp³-hybridized carbons (Fsp3) is 0.375. The van der Waals surface area contributed by atoms with Crippen molar-refractivity contribution in [3.63, 3.8) is 0 Å². The van der Waals surface area contributed by atoms with Crippen LogP contribution in [-0.4, -0.2) is 24.9 Å². The van der Waals surface area contributed by atoms with Crippen LogP contribution in [0.2, 0.25) is 0 Å². The molecule has 0 fully saturated rings. The quantitative estimate of drug-likeness (QED) is 0.636. The predicted molar refractivity (Wildman–Crippen MR) is 88.8 cm³/mol. The van der Waals surface area contributed by atoms with Gasteiger partial charge in [-0.1, -0.05) is 30.8 Å². The van der Waals surface area contributed by atoms with Gasteiger partial charge in [0.1, 0.15) is 5.82 Å². The van der Waals surface area contributed by atoms with E-state index in [4.69, 9.17) is 4.52 Å². The molecule has 0 bridgehead atoms. The molecule has 2 aromatic heterocycles. The maximum atomic E-state index is 13.0. The Labute approximate surface area is 143 Å². The summed E-state index contributed by atoms with van der Waals surface area (Å²) in [7, 11) is 1.87. The molecule has 8 heteroatoms. The second-order valence-corrected chi connectivity index (χ2v) is 6.81. The van der Waals surface area contributed by atoms with Crippen molar-refractivity contribution in [2.24, 2.45) is 13.0 Å². The molecule has 0 saturated carbocycles. The van der Waals surface area contributed by atoms with Crippen molar-refractivity contribution in [2.75, 3.05) is 0 Å². The topological polar surface area (TPSA) is 69.6 Å². The molecule has 3 rings (SSSR count). The van der Waals surface area contributed by atoms with Gasteiger partial charge in [0.05, 0.1) is 5.75 Å². The van der Waals surface area contributed by atoms with Gasteiger partial charge < -0.3 is 9.09 Å². The first-order valence-electron chi connectivity index (χ1n) is 7.62. The Bertz CT molecular complexity index is 812. The van der Waals surface area contributed by atoms with E-state index in [2.05, 4.69) is 34.2 Å². The highest BCUT2D eigenvalue weighted by Gasteiger charge is 2.14. The number of hydrogen-bond acceptors (Lipinski definition) is 6. The van der Waals surface area contributed by atoms with Gasteiger partial charge in [-0.2, -0.15) is 4.98 Å². The van der Waals surface area contributed by atoms with Crippen LogP contribution >= 0.6 is 11.8 Å². The minimum atomic E-state index is -0.274. The van der Waals surface area contributed by atoms with Crippen LogP contribution in [0.1, 0.15) is 25.6 Å². The van der Waals surface area contributed by atoms with Crippen LogP contribution in [-0.2, 0) is 19.2 Å². The molecule has 126 valence electrons. The number of rotatable bonds is 6. The zero-order valence-electron chi connectivity index (χ0n) is 13.7. The van der Waals surface area contributed by atoms with E-state index in [9.17, 15) is 4.39 Å². The Kier molecular flexibility index (Phi) is 4.94. The van der Waals surface area contributed by atoms with E-state index < -0.39 is 0 Å². The Morgan fingerprint density at radius 1 is 1.21 bits per heavy atom. The molecule has 0 aliphatic rings. The van der Waals surface area contributed by atoms with Crippen molar-refractivity contribution in [1.29, 1.82) is 0 Å². The zero-order valence-corrected chi connectivity index (χ0v) is 14.5. The van der Waals surface area contributed by atoms with Gasteiger partial charge in [0.2, 0.25) is 5.89 Å². The molecule has 3 aromatic rings. The van der Waals surface area contributed by atoms with Crippen molar-refractivity contribution in [3.05, 3.63) is 41.8 Å². The lowest BCUT2D eigenvalue weighted by molar-refractivity contribution is 0.382. The highest BCUT2D eigenvalue weighted by atomic mass is 32.2. The van der Waals surface area contributed by atoms with Crippen LogP contribution in [0.15, 0.2) is 33.9 Å². The number of nitrogens with zero attached hydrogens (tertiary/aromatic N) is 5. The number of aromatic nitrogens is 5. The van der Waals surface area contributed by atoms with Crippen molar-refractivity contribution >= 4 is 11.8 Å². The van der Waals surface area contributed by atoms with Gasteiger partial charge in [0.25, 0.3) is 0 Å². The second-order valence-electron chi connectivity index (χ2n) is 5.86. The van der Waals surface area contributed by atoms with Crippen molar-refractivity contribution < 1.29 is 8.91 Å². The molecule has 1 aromatic carbocycles. The van der Waals surface area contributed by atoms with Gasteiger partial charge in [-0.3, -0.25) is 0 Å². The van der Waals surface area contributed by atoms with Crippen LogP contribution < -0.4 is 0 Å².